The van der Waals surface area contributed by atoms with Gasteiger partial charge in [0, 0.05) is 0 Å². The van der Waals surface area contributed by atoms with E-state index in [1.165, 1.54) is 0 Å². The van der Waals surface area contributed by atoms with E-state index in [1.54, 1.807) is 0 Å². The van der Waals surface area contributed by atoms with E-state index in [-0.39, 0.29) is 0 Å². The molecule has 0 saturated heterocycles. The summed E-state index contributed by atoms with van der Waals surface area (Å²) in [5, 5.41) is -2.41. The Morgan fingerprint density at radius 2 is 1.10 bits per heavy atom. The van der Waals surface area contributed by atoms with Gasteiger partial charge in [-0.1, -0.05) is 18.2 Å². The largest absolute Gasteiger partial charge is 0.462 e. The van der Waals surface area contributed by atoms with Gasteiger partial charge in [-0.2, -0.15) is 48.3 Å². The average Bonchev–Trinajstić information content (AvgIpc) is 2.12. The van der Waals surface area contributed by atoms with Crippen LogP contribution in [0.15, 0.2) is 11.6 Å². The zero-order valence-corrected chi connectivity index (χ0v) is 9.41. The van der Waals surface area contributed by atoms with E-state index in [9.17, 15) is 48.3 Å². The summed E-state index contributed by atoms with van der Waals surface area (Å²) in [5.41, 5.74) is 0. The smallest absolute Gasteiger partial charge is 0.265 e. The second-order valence-corrected chi connectivity index (χ2v) is 3.65. The van der Waals surface area contributed by atoms with Gasteiger partial charge < -0.3 is 0 Å². The lowest BCUT2D eigenvalue weighted by Crippen LogP contribution is -2.59. The molecule has 1 unspecified atom stereocenters. The first-order valence-corrected chi connectivity index (χ1v) is 4.41. The van der Waals surface area contributed by atoms with Crippen LogP contribution in [0.2, 0.25) is 0 Å². The molecule has 0 fully saturated rings. The van der Waals surface area contributed by atoms with Crippen molar-refractivity contribution in [3.63, 3.8) is 0 Å². The summed E-state index contributed by atoms with van der Waals surface area (Å²) in [4.78, 5) is 0. The van der Waals surface area contributed by atoms with Crippen LogP contribution in [0, 0.1) is 0 Å². The summed E-state index contributed by atoms with van der Waals surface area (Å²) in [6, 6.07) is 0. The van der Waals surface area contributed by atoms with Crippen LogP contribution < -0.4 is 0 Å². The molecule has 0 rings (SSSR count). The Bertz CT molecular complexity index is 383. The molecule has 120 valence electrons. The Labute approximate surface area is 107 Å². The highest BCUT2D eigenvalue weighted by Gasteiger charge is 2.78. The van der Waals surface area contributed by atoms with E-state index >= 15 is 0 Å². The van der Waals surface area contributed by atoms with Crippen LogP contribution >= 0.6 is 11.6 Å². The van der Waals surface area contributed by atoms with Gasteiger partial charge >= 0.3 is 30.2 Å². The predicted octanol–water partition coefficient (Wildman–Crippen LogP) is 4.77. The first-order valence-electron chi connectivity index (χ1n) is 4.03. The van der Waals surface area contributed by atoms with Gasteiger partial charge in [-0.05, 0) is 0 Å². The zero-order valence-electron chi connectivity index (χ0n) is 8.65. The third-order valence-corrected chi connectivity index (χ3v) is 1.95. The minimum absolute atomic E-state index is 2.01. The fourth-order valence-electron chi connectivity index (χ4n) is 0.673. The van der Waals surface area contributed by atoms with E-state index in [0.717, 1.165) is 0 Å². The first-order chi connectivity index (χ1) is 8.40. The highest BCUT2D eigenvalue weighted by atomic mass is 35.5. The van der Waals surface area contributed by atoms with Gasteiger partial charge in [-0.3, -0.25) is 4.74 Å². The first kappa shape index (κ1) is 19.2. The molecule has 0 aliphatic heterocycles. The molecule has 0 aliphatic rings. The molecule has 0 bridgehead atoms. The van der Waals surface area contributed by atoms with Crippen molar-refractivity contribution in [3.8, 4) is 0 Å². The lowest BCUT2D eigenvalue weighted by Gasteiger charge is -2.34. The van der Waals surface area contributed by atoms with Crippen LogP contribution in [0.4, 0.5) is 48.3 Å². The number of hydrogen-bond acceptors (Lipinski definition) is 1. The Morgan fingerprint density at radius 1 is 0.750 bits per heavy atom. The average molecular weight is 347 g/mol. The summed E-state index contributed by atoms with van der Waals surface area (Å²) < 4.78 is 136. The summed E-state index contributed by atoms with van der Waals surface area (Å²) in [6.07, 6.45) is -20.4. The monoisotopic (exact) mass is 346 g/mol. The molecule has 0 saturated carbocycles. The van der Waals surface area contributed by atoms with Crippen molar-refractivity contribution < 1.29 is 53.0 Å². The highest BCUT2D eigenvalue weighted by Crippen LogP contribution is 2.52. The summed E-state index contributed by atoms with van der Waals surface area (Å²) in [6.45, 7) is 2.01. The number of halogens is 12. The van der Waals surface area contributed by atoms with Gasteiger partial charge in [0.15, 0.2) is 0 Å². The number of rotatable bonds is 4. The lowest BCUT2D eigenvalue weighted by molar-refractivity contribution is -0.474. The lowest BCUT2D eigenvalue weighted by atomic mass is 10.2. The van der Waals surface area contributed by atoms with Crippen molar-refractivity contribution >= 4 is 11.6 Å². The van der Waals surface area contributed by atoms with Crippen molar-refractivity contribution in [3.05, 3.63) is 11.6 Å². The minimum Gasteiger partial charge on any atom is -0.265 e. The van der Waals surface area contributed by atoms with Crippen LogP contribution in [0.1, 0.15) is 0 Å². The van der Waals surface area contributed by atoms with E-state index < -0.39 is 35.3 Å². The van der Waals surface area contributed by atoms with Crippen molar-refractivity contribution in [1.29, 1.82) is 0 Å². The molecule has 0 heterocycles. The molecule has 0 N–H and O–H groups in total. The maximum absolute atomic E-state index is 13.1. The van der Waals surface area contributed by atoms with Gasteiger partial charge in [0.1, 0.15) is 0 Å². The quantitative estimate of drug-likeness (QED) is 0.666. The molecule has 13 heteroatoms. The van der Waals surface area contributed by atoms with Crippen LogP contribution in [0.25, 0.3) is 0 Å². The maximum Gasteiger partial charge on any atom is 0.462 e. The topological polar surface area (TPSA) is 9.23 Å². The Kier molecular flexibility index (Phi) is 4.70. The molecule has 0 aromatic heterocycles. The third kappa shape index (κ3) is 3.10. The van der Waals surface area contributed by atoms with Crippen LogP contribution in [0.3, 0.4) is 0 Å². The van der Waals surface area contributed by atoms with Crippen LogP contribution in [-0.2, 0) is 4.74 Å². The number of alkyl halides is 11. The van der Waals surface area contributed by atoms with Crippen LogP contribution in [-0.4, -0.2) is 30.2 Å². The molecule has 0 aliphatic carbocycles. The molecule has 0 aromatic rings. The predicted molar refractivity (Wildman–Crippen MR) is 41.9 cm³/mol. The molecule has 1 atom stereocenters. The number of ether oxygens (including phenoxy) is 1. The Balaban J connectivity index is 5.73. The molecule has 0 aromatic carbocycles. The molecule has 0 spiro atoms. The summed E-state index contributed by atoms with van der Waals surface area (Å²) in [5.74, 6) is -12.9. The van der Waals surface area contributed by atoms with Crippen molar-refractivity contribution in [2.45, 2.75) is 30.2 Å². The van der Waals surface area contributed by atoms with E-state index in [2.05, 4.69) is 11.6 Å². The van der Waals surface area contributed by atoms with Crippen molar-refractivity contribution in [1.82, 2.24) is 0 Å². The number of hydrogen-bond donors (Lipinski definition) is 0. The van der Waals surface area contributed by atoms with Crippen molar-refractivity contribution in [2.75, 3.05) is 0 Å². The van der Waals surface area contributed by atoms with E-state index in [0.29, 0.717) is 0 Å². The van der Waals surface area contributed by atoms with Crippen LogP contribution in [0.5, 0.6) is 0 Å². The summed E-state index contributed by atoms with van der Waals surface area (Å²) in [7, 11) is 0. The van der Waals surface area contributed by atoms with Crippen molar-refractivity contribution in [2.24, 2.45) is 0 Å². The standard InChI is InChI=1S/C7H2ClF11O/c1-2(8)3(9,5(12,13)14)20-7(18,19)4(10,11)6(15,16)17/h1H2. The van der Waals surface area contributed by atoms with Gasteiger partial charge in [0.25, 0.3) is 0 Å². The molecule has 0 amide bonds. The van der Waals surface area contributed by atoms with E-state index in [1.807, 2.05) is 11.3 Å². The van der Waals surface area contributed by atoms with Gasteiger partial charge in [-0.15, -0.1) is 0 Å². The fourth-order valence-corrected chi connectivity index (χ4v) is 0.818. The fraction of sp³-hybridized carbons (Fsp3) is 0.714. The normalized spacial score (nSPS) is 17.8. The SMILES string of the molecule is C=C(Cl)C(F)(OC(F)(F)C(F)(F)C(F)(F)F)C(F)(F)F. The molecule has 1 nitrogen and oxygen atoms in total. The maximum atomic E-state index is 13.1. The minimum atomic E-state index is -7.10. The summed E-state index contributed by atoms with van der Waals surface area (Å²) >= 11 is 4.37. The molecule has 20 heavy (non-hydrogen) atoms. The Hall–Kier alpha value is -0.780. The van der Waals surface area contributed by atoms with Gasteiger partial charge in [-0.25, -0.2) is 0 Å². The zero-order chi connectivity index (χ0) is 16.8. The second kappa shape index (κ2) is 4.90. The van der Waals surface area contributed by atoms with E-state index in [4.69, 9.17) is 0 Å². The molecular formula is C7H2ClF11O. The van der Waals surface area contributed by atoms with Gasteiger partial charge in [0.2, 0.25) is 0 Å². The highest BCUT2D eigenvalue weighted by molar-refractivity contribution is 6.30. The third-order valence-electron chi connectivity index (χ3n) is 1.70. The Morgan fingerprint density at radius 3 is 1.30 bits per heavy atom. The second-order valence-electron chi connectivity index (χ2n) is 3.19. The van der Waals surface area contributed by atoms with Gasteiger partial charge in [0.05, 0.1) is 5.03 Å². The molecular weight excluding hydrogens is 345 g/mol. The molecule has 0 radical (unpaired) electrons.